The fourth-order valence-corrected chi connectivity index (χ4v) is 3.73. The summed E-state index contributed by atoms with van der Waals surface area (Å²) in [6.45, 7) is 3.18. The van der Waals surface area contributed by atoms with Crippen LogP contribution in [0.25, 0.3) is 11.0 Å². The maximum absolute atomic E-state index is 10.9. The number of nitrogens with zero attached hydrogens (tertiary/aromatic N) is 3. The second-order valence-electron chi connectivity index (χ2n) is 6.59. The summed E-state index contributed by atoms with van der Waals surface area (Å²) in [4.78, 5) is 8.75. The first kappa shape index (κ1) is 21.8. The van der Waals surface area contributed by atoms with E-state index in [1.54, 1.807) is 17.7 Å². The molecule has 9 nitrogen and oxygen atoms in total. The van der Waals surface area contributed by atoms with Crippen LogP contribution in [0.15, 0.2) is 11.4 Å². The number of aliphatic hydroxyl groups is 3. The summed E-state index contributed by atoms with van der Waals surface area (Å²) in [5.74, 6) is 5.85. The van der Waals surface area contributed by atoms with Crippen LogP contribution in [0.2, 0.25) is 0 Å². The Labute approximate surface area is 177 Å². The molecule has 0 aliphatic carbocycles. The van der Waals surface area contributed by atoms with E-state index in [1.165, 1.54) is 18.7 Å². The van der Waals surface area contributed by atoms with E-state index >= 15 is 0 Å². The first-order valence-corrected chi connectivity index (χ1v) is 10.4. The summed E-state index contributed by atoms with van der Waals surface area (Å²) in [5, 5.41) is 31.7. The topological polar surface area (TPSA) is 136 Å². The standard InChI is InChI=1S/C18H22N4O5S2/c1-4-26-11(28)6-5-9-7-22(15-12(9)14(19)20-17(21-15)29-3)16-18(2,25)13(24)10(8-23)27-16/h7,10,13,16,23-25H,4,8H2,1-3H3,(H2,19,20,21)/t10-,13-,16?,18-/m1/s1. The Morgan fingerprint density at radius 2 is 2.24 bits per heavy atom. The Morgan fingerprint density at radius 1 is 1.52 bits per heavy atom. The van der Waals surface area contributed by atoms with Crippen molar-refractivity contribution >= 4 is 45.9 Å². The van der Waals surface area contributed by atoms with Crippen molar-refractivity contribution in [2.75, 3.05) is 25.2 Å². The first-order chi connectivity index (χ1) is 13.7. The van der Waals surface area contributed by atoms with E-state index in [2.05, 4.69) is 21.8 Å². The van der Waals surface area contributed by atoms with E-state index in [1.807, 2.05) is 6.26 Å². The molecule has 11 heteroatoms. The van der Waals surface area contributed by atoms with Gasteiger partial charge in [-0.2, -0.15) is 0 Å². The van der Waals surface area contributed by atoms with Crippen molar-refractivity contribution in [1.29, 1.82) is 0 Å². The molecule has 0 saturated carbocycles. The molecule has 4 atom stereocenters. The Hall–Kier alpha value is -1.94. The van der Waals surface area contributed by atoms with E-state index in [9.17, 15) is 15.3 Å². The molecule has 5 N–H and O–H groups in total. The normalized spacial score (nSPS) is 26.3. The summed E-state index contributed by atoms with van der Waals surface area (Å²) in [6, 6.07) is 0. The lowest BCUT2D eigenvalue weighted by molar-refractivity contribution is -0.0948. The fourth-order valence-electron chi connectivity index (χ4n) is 3.20. The molecule has 1 fully saturated rings. The van der Waals surface area contributed by atoms with Crippen LogP contribution >= 0.6 is 24.0 Å². The summed E-state index contributed by atoms with van der Waals surface area (Å²) in [7, 11) is 0. The number of aliphatic hydroxyl groups excluding tert-OH is 2. The molecule has 0 bridgehead atoms. The van der Waals surface area contributed by atoms with Gasteiger partial charge in [-0.05, 0) is 38.2 Å². The molecule has 2 aromatic heterocycles. The van der Waals surface area contributed by atoms with Crippen LogP contribution in [0.3, 0.4) is 0 Å². The molecule has 29 heavy (non-hydrogen) atoms. The van der Waals surface area contributed by atoms with Gasteiger partial charge in [0, 0.05) is 6.20 Å². The smallest absolute Gasteiger partial charge is 0.237 e. The number of thioether (sulfide) groups is 1. The van der Waals surface area contributed by atoms with Gasteiger partial charge in [0.1, 0.15) is 29.3 Å². The van der Waals surface area contributed by atoms with Crippen molar-refractivity contribution in [3.63, 3.8) is 0 Å². The third-order valence-electron chi connectivity index (χ3n) is 4.62. The molecule has 0 amide bonds. The zero-order valence-electron chi connectivity index (χ0n) is 16.1. The summed E-state index contributed by atoms with van der Waals surface area (Å²) in [6.07, 6.45) is 0.132. The summed E-state index contributed by atoms with van der Waals surface area (Å²) < 4.78 is 12.5. The van der Waals surface area contributed by atoms with Crippen LogP contribution in [-0.4, -0.2) is 72.2 Å². The van der Waals surface area contributed by atoms with Crippen LogP contribution in [0.5, 0.6) is 0 Å². The number of thiocarbonyl (C=S) groups is 1. The number of nitrogen functional groups attached to an aromatic ring is 1. The average Bonchev–Trinajstić information content (AvgIpc) is 3.15. The molecule has 0 radical (unpaired) electrons. The van der Waals surface area contributed by atoms with E-state index in [0.717, 1.165) is 0 Å². The van der Waals surface area contributed by atoms with Gasteiger partial charge in [0.05, 0.1) is 24.2 Å². The molecule has 1 unspecified atom stereocenters. The molecule has 3 heterocycles. The van der Waals surface area contributed by atoms with E-state index in [0.29, 0.717) is 28.4 Å². The lowest BCUT2D eigenvalue weighted by Crippen LogP contribution is -2.44. The number of fused-ring (bicyclic) bond motifs is 1. The van der Waals surface area contributed by atoms with Crippen molar-refractivity contribution in [2.24, 2.45) is 0 Å². The van der Waals surface area contributed by atoms with Gasteiger partial charge < -0.3 is 35.1 Å². The van der Waals surface area contributed by atoms with Crippen molar-refractivity contribution in [3.8, 4) is 11.8 Å². The van der Waals surface area contributed by atoms with E-state index in [-0.39, 0.29) is 10.9 Å². The van der Waals surface area contributed by atoms with Gasteiger partial charge in [0.25, 0.3) is 0 Å². The lowest BCUT2D eigenvalue weighted by Gasteiger charge is -2.27. The average molecular weight is 439 g/mol. The minimum absolute atomic E-state index is 0.133. The van der Waals surface area contributed by atoms with Gasteiger partial charge in [0.15, 0.2) is 11.4 Å². The highest BCUT2D eigenvalue weighted by molar-refractivity contribution is 7.98. The monoisotopic (exact) mass is 438 g/mol. The highest BCUT2D eigenvalue weighted by Crippen LogP contribution is 2.41. The molecule has 156 valence electrons. The Kier molecular flexibility index (Phi) is 6.33. The second kappa shape index (κ2) is 8.43. The molecule has 1 aliphatic heterocycles. The zero-order chi connectivity index (χ0) is 21.3. The zero-order valence-corrected chi connectivity index (χ0v) is 17.8. The number of hydrogen-bond acceptors (Lipinski definition) is 10. The molecular formula is C18H22N4O5S2. The van der Waals surface area contributed by atoms with Gasteiger partial charge >= 0.3 is 0 Å². The number of ether oxygens (including phenoxy) is 2. The van der Waals surface area contributed by atoms with Crippen molar-refractivity contribution in [3.05, 3.63) is 11.8 Å². The Balaban J connectivity index is 2.19. The number of rotatable bonds is 4. The highest BCUT2D eigenvalue weighted by atomic mass is 32.2. The van der Waals surface area contributed by atoms with Gasteiger partial charge in [-0.1, -0.05) is 17.7 Å². The van der Waals surface area contributed by atoms with Crippen molar-refractivity contribution in [2.45, 2.75) is 43.0 Å². The molecule has 2 aromatic rings. The van der Waals surface area contributed by atoms with Gasteiger partial charge in [0.2, 0.25) is 5.05 Å². The fraction of sp³-hybridized carbons (Fsp3) is 0.500. The predicted molar refractivity (Wildman–Crippen MR) is 112 cm³/mol. The predicted octanol–water partition coefficient (Wildman–Crippen LogP) is 0.452. The third-order valence-corrected chi connectivity index (χ3v) is 5.39. The van der Waals surface area contributed by atoms with Gasteiger partial charge in [-0.25, -0.2) is 9.97 Å². The van der Waals surface area contributed by atoms with Crippen LogP contribution in [0, 0.1) is 11.8 Å². The Morgan fingerprint density at radius 3 is 2.83 bits per heavy atom. The largest absolute Gasteiger partial charge is 0.477 e. The van der Waals surface area contributed by atoms with Crippen LogP contribution in [0.4, 0.5) is 5.82 Å². The minimum Gasteiger partial charge on any atom is -0.477 e. The van der Waals surface area contributed by atoms with Crippen molar-refractivity contribution in [1.82, 2.24) is 14.5 Å². The Bertz CT molecular complexity index is 998. The molecular weight excluding hydrogens is 416 g/mol. The quantitative estimate of drug-likeness (QED) is 0.231. The lowest BCUT2D eigenvalue weighted by atomic mass is 9.96. The van der Waals surface area contributed by atoms with Crippen molar-refractivity contribution < 1.29 is 24.8 Å². The maximum Gasteiger partial charge on any atom is 0.237 e. The number of aromatic nitrogens is 3. The molecule has 0 aromatic carbocycles. The summed E-state index contributed by atoms with van der Waals surface area (Å²) >= 11 is 6.35. The van der Waals surface area contributed by atoms with Crippen LogP contribution in [-0.2, 0) is 9.47 Å². The van der Waals surface area contributed by atoms with Crippen LogP contribution < -0.4 is 5.73 Å². The first-order valence-electron chi connectivity index (χ1n) is 8.82. The molecule has 3 rings (SSSR count). The number of nitrogens with two attached hydrogens (primary N) is 1. The van der Waals surface area contributed by atoms with E-state index < -0.39 is 30.6 Å². The number of hydrogen-bond donors (Lipinski definition) is 4. The van der Waals surface area contributed by atoms with Gasteiger partial charge in [-0.3, -0.25) is 0 Å². The SMILES string of the molecule is CCOC(=S)C#Cc1cn(C2O[C@H](CO)[C@@H](O)[C@@]2(C)O)c2nc(SC)nc(N)c12. The third kappa shape index (κ3) is 3.92. The molecule has 0 spiro atoms. The molecule has 1 aliphatic rings. The maximum atomic E-state index is 10.9. The second-order valence-corrected chi connectivity index (χ2v) is 7.74. The summed E-state index contributed by atoms with van der Waals surface area (Å²) in [5.41, 5.74) is 5.31. The van der Waals surface area contributed by atoms with E-state index in [4.69, 9.17) is 27.4 Å². The molecule has 1 saturated heterocycles. The van der Waals surface area contributed by atoms with Crippen LogP contribution in [0.1, 0.15) is 25.6 Å². The highest BCUT2D eigenvalue weighted by Gasteiger charge is 2.53. The number of anilines is 1. The minimum atomic E-state index is -1.69. The van der Waals surface area contributed by atoms with Gasteiger partial charge in [-0.15, -0.1) is 0 Å².